The van der Waals surface area contributed by atoms with Crippen LogP contribution in [0.2, 0.25) is 0 Å². The second kappa shape index (κ2) is 4.30. The molecule has 1 unspecified atom stereocenters. The largest absolute Gasteiger partial charge is 0.362 e. The first kappa shape index (κ1) is 10.6. The fourth-order valence-electron chi connectivity index (χ4n) is 1.41. The first-order valence-corrected chi connectivity index (χ1v) is 5.22. The van der Waals surface area contributed by atoms with E-state index in [1.807, 2.05) is 20.0 Å². The van der Waals surface area contributed by atoms with Gasteiger partial charge in [0.2, 0.25) is 0 Å². The summed E-state index contributed by atoms with van der Waals surface area (Å²) in [5.74, 6) is 0.789. The van der Waals surface area contributed by atoms with E-state index in [0.29, 0.717) is 0 Å². The van der Waals surface area contributed by atoms with Crippen LogP contribution in [0.4, 0.5) is 5.82 Å². The molecule has 2 N–H and O–H groups in total. The molecule has 2 rings (SSSR count). The molecular formula is C11H15N5. The molecule has 0 fully saturated rings. The van der Waals surface area contributed by atoms with E-state index in [1.165, 1.54) is 0 Å². The normalized spacial score (nSPS) is 12.4. The van der Waals surface area contributed by atoms with Crippen molar-refractivity contribution >= 4 is 5.82 Å². The first-order chi connectivity index (χ1) is 7.66. The third-order valence-corrected chi connectivity index (χ3v) is 2.58. The minimum absolute atomic E-state index is 0.162. The summed E-state index contributed by atoms with van der Waals surface area (Å²) in [4.78, 5) is 8.68. The molecule has 16 heavy (non-hydrogen) atoms. The van der Waals surface area contributed by atoms with Crippen LogP contribution in [0.1, 0.15) is 29.9 Å². The molecule has 0 amide bonds. The van der Waals surface area contributed by atoms with Gasteiger partial charge in [-0.3, -0.25) is 10.1 Å². The zero-order valence-electron chi connectivity index (χ0n) is 9.65. The molecule has 2 aromatic rings. The van der Waals surface area contributed by atoms with Gasteiger partial charge in [0.05, 0.1) is 29.8 Å². The van der Waals surface area contributed by atoms with Crippen molar-refractivity contribution in [2.24, 2.45) is 0 Å². The van der Waals surface area contributed by atoms with Crippen molar-refractivity contribution in [3.63, 3.8) is 0 Å². The first-order valence-electron chi connectivity index (χ1n) is 5.22. The second-order valence-electron chi connectivity index (χ2n) is 3.82. The summed E-state index contributed by atoms with van der Waals surface area (Å²) >= 11 is 0. The topological polar surface area (TPSA) is 66.5 Å². The number of hydrogen-bond donors (Lipinski definition) is 2. The van der Waals surface area contributed by atoms with Crippen LogP contribution in [0.15, 0.2) is 18.6 Å². The summed E-state index contributed by atoms with van der Waals surface area (Å²) in [5.41, 5.74) is 3.01. The lowest BCUT2D eigenvalue weighted by Crippen LogP contribution is -2.08. The fraction of sp³-hybridized carbons (Fsp3) is 0.364. The SMILES string of the molecule is Cc1ncc(NC(C)c2cn[nH]c2)nc1C. The Morgan fingerprint density at radius 2 is 2.06 bits per heavy atom. The average Bonchev–Trinajstić information content (AvgIpc) is 2.77. The molecule has 5 heteroatoms. The maximum Gasteiger partial charge on any atom is 0.145 e. The summed E-state index contributed by atoms with van der Waals surface area (Å²) in [7, 11) is 0. The molecule has 0 aliphatic heterocycles. The van der Waals surface area contributed by atoms with E-state index in [-0.39, 0.29) is 6.04 Å². The minimum Gasteiger partial charge on any atom is -0.362 e. The summed E-state index contributed by atoms with van der Waals surface area (Å²) in [5, 5.41) is 9.99. The molecule has 84 valence electrons. The molecule has 0 aromatic carbocycles. The fourth-order valence-corrected chi connectivity index (χ4v) is 1.41. The van der Waals surface area contributed by atoms with Crippen molar-refractivity contribution in [3.8, 4) is 0 Å². The number of anilines is 1. The molecule has 0 saturated carbocycles. The quantitative estimate of drug-likeness (QED) is 0.825. The molecule has 2 aromatic heterocycles. The third kappa shape index (κ3) is 2.18. The number of nitrogens with one attached hydrogen (secondary N) is 2. The third-order valence-electron chi connectivity index (χ3n) is 2.58. The lowest BCUT2D eigenvalue weighted by molar-refractivity contribution is 0.866. The maximum atomic E-state index is 4.42. The van der Waals surface area contributed by atoms with Crippen molar-refractivity contribution in [1.29, 1.82) is 0 Å². The van der Waals surface area contributed by atoms with Crippen LogP contribution in [0.5, 0.6) is 0 Å². The van der Waals surface area contributed by atoms with Crippen LogP contribution in [-0.4, -0.2) is 20.2 Å². The Bertz CT molecular complexity index is 463. The zero-order valence-corrected chi connectivity index (χ0v) is 9.65. The van der Waals surface area contributed by atoms with E-state index < -0.39 is 0 Å². The number of rotatable bonds is 3. The minimum atomic E-state index is 0.162. The van der Waals surface area contributed by atoms with Crippen LogP contribution in [0.25, 0.3) is 0 Å². The Morgan fingerprint density at radius 1 is 1.25 bits per heavy atom. The molecule has 0 aliphatic carbocycles. The van der Waals surface area contributed by atoms with Gasteiger partial charge in [-0.1, -0.05) is 0 Å². The number of nitrogens with zero attached hydrogens (tertiary/aromatic N) is 3. The number of aromatic nitrogens is 4. The predicted octanol–water partition coefficient (Wildman–Crippen LogP) is 1.99. The van der Waals surface area contributed by atoms with Crippen molar-refractivity contribution in [2.45, 2.75) is 26.8 Å². The predicted molar refractivity (Wildman–Crippen MR) is 62.1 cm³/mol. The smallest absolute Gasteiger partial charge is 0.145 e. The van der Waals surface area contributed by atoms with Gasteiger partial charge in [0, 0.05) is 11.8 Å². The van der Waals surface area contributed by atoms with Crippen LogP contribution in [0, 0.1) is 13.8 Å². The second-order valence-corrected chi connectivity index (χ2v) is 3.82. The van der Waals surface area contributed by atoms with Crippen molar-refractivity contribution < 1.29 is 0 Å². The van der Waals surface area contributed by atoms with Crippen molar-refractivity contribution in [3.05, 3.63) is 35.5 Å². The lowest BCUT2D eigenvalue weighted by Gasteiger charge is -2.13. The Balaban J connectivity index is 2.12. The molecule has 0 saturated heterocycles. The highest BCUT2D eigenvalue weighted by Gasteiger charge is 2.07. The van der Waals surface area contributed by atoms with Crippen molar-refractivity contribution in [2.75, 3.05) is 5.32 Å². The Morgan fingerprint density at radius 3 is 2.69 bits per heavy atom. The van der Waals surface area contributed by atoms with Crippen LogP contribution < -0.4 is 5.32 Å². The molecule has 0 bridgehead atoms. The zero-order chi connectivity index (χ0) is 11.5. The highest BCUT2D eigenvalue weighted by molar-refractivity contribution is 5.36. The number of aryl methyl sites for hydroxylation is 2. The standard InChI is InChI=1S/C11H15N5/c1-7-8(2)15-11(6-12-7)16-9(3)10-4-13-14-5-10/h4-6,9H,1-3H3,(H,13,14)(H,15,16). The van der Waals surface area contributed by atoms with Gasteiger partial charge in [0.25, 0.3) is 0 Å². The summed E-state index contributed by atoms with van der Waals surface area (Å²) < 4.78 is 0. The molecular weight excluding hydrogens is 202 g/mol. The molecule has 0 radical (unpaired) electrons. The number of hydrogen-bond acceptors (Lipinski definition) is 4. The van der Waals surface area contributed by atoms with Gasteiger partial charge < -0.3 is 5.32 Å². The molecule has 2 heterocycles. The Hall–Kier alpha value is -1.91. The Kier molecular flexibility index (Phi) is 2.85. The van der Waals surface area contributed by atoms with Crippen LogP contribution in [0.3, 0.4) is 0 Å². The highest BCUT2D eigenvalue weighted by Crippen LogP contribution is 2.16. The summed E-state index contributed by atoms with van der Waals surface area (Å²) in [6.07, 6.45) is 5.41. The average molecular weight is 217 g/mol. The lowest BCUT2D eigenvalue weighted by atomic mass is 10.2. The van der Waals surface area contributed by atoms with Gasteiger partial charge in [-0.05, 0) is 20.8 Å². The van der Waals surface area contributed by atoms with E-state index in [0.717, 1.165) is 22.8 Å². The summed E-state index contributed by atoms with van der Waals surface area (Å²) in [6.45, 7) is 5.96. The van der Waals surface area contributed by atoms with Crippen LogP contribution in [-0.2, 0) is 0 Å². The Labute approximate surface area is 94.3 Å². The summed E-state index contributed by atoms with van der Waals surface area (Å²) in [6, 6.07) is 0.162. The monoisotopic (exact) mass is 217 g/mol. The van der Waals surface area contributed by atoms with Gasteiger partial charge in [-0.2, -0.15) is 5.10 Å². The van der Waals surface area contributed by atoms with E-state index >= 15 is 0 Å². The van der Waals surface area contributed by atoms with E-state index in [2.05, 4.69) is 32.4 Å². The van der Waals surface area contributed by atoms with E-state index in [4.69, 9.17) is 0 Å². The van der Waals surface area contributed by atoms with E-state index in [9.17, 15) is 0 Å². The maximum absolute atomic E-state index is 4.42. The molecule has 1 atom stereocenters. The molecule has 0 aliphatic rings. The molecule has 0 spiro atoms. The number of H-pyrrole nitrogens is 1. The highest BCUT2D eigenvalue weighted by atomic mass is 15.1. The van der Waals surface area contributed by atoms with Crippen molar-refractivity contribution in [1.82, 2.24) is 20.2 Å². The van der Waals surface area contributed by atoms with Gasteiger partial charge in [0.15, 0.2) is 0 Å². The van der Waals surface area contributed by atoms with E-state index in [1.54, 1.807) is 12.4 Å². The van der Waals surface area contributed by atoms with Gasteiger partial charge in [0.1, 0.15) is 5.82 Å². The van der Waals surface area contributed by atoms with Gasteiger partial charge in [-0.25, -0.2) is 4.98 Å². The molecule has 5 nitrogen and oxygen atoms in total. The van der Waals surface area contributed by atoms with Gasteiger partial charge in [-0.15, -0.1) is 0 Å². The van der Waals surface area contributed by atoms with Crippen LogP contribution >= 0.6 is 0 Å². The van der Waals surface area contributed by atoms with Gasteiger partial charge >= 0.3 is 0 Å². The number of aromatic amines is 1.